The fraction of sp³-hybridized carbons (Fsp3) is 0.686. The molecule has 0 saturated carbocycles. The molecule has 0 radical (unpaired) electrons. The van der Waals surface area contributed by atoms with E-state index in [0.29, 0.717) is 19.3 Å². The van der Waals surface area contributed by atoms with E-state index in [1.54, 1.807) is 6.08 Å². The van der Waals surface area contributed by atoms with Crippen molar-refractivity contribution in [1.82, 2.24) is 5.32 Å². The number of aliphatic hydroxyl groups excluding tert-OH is 5. The maximum atomic E-state index is 13.4. The van der Waals surface area contributed by atoms with Gasteiger partial charge in [0.1, 0.15) is 24.4 Å². The Bertz CT molecular complexity index is 1780. The van der Waals surface area contributed by atoms with Crippen LogP contribution in [-0.4, -0.2) is 99.6 Å². The van der Waals surface area contributed by atoms with Gasteiger partial charge in [0, 0.05) is 6.42 Å². The molecular formula is C70H117NO10. The van der Waals surface area contributed by atoms with Gasteiger partial charge in [0.05, 0.1) is 25.4 Å². The van der Waals surface area contributed by atoms with E-state index in [1.807, 2.05) is 18.2 Å². The zero-order valence-electron chi connectivity index (χ0n) is 51.1. The van der Waals surface area contributed by atoms with Crippen LogP contribution < -0.4 is 5.32 Å². The highest BCUT2D eigenvalue weighted by molar-refractivity contribution is 5.80. The highest BCUT2D eigenvalue weighted by Crippen LogP contribution is 2.26. The van der Waals surface area contributed by atoms with E-state index in [0.717, 1.165) is 96.3 Å². The van der Waals surface area contributed by atoms with Gasteiger partial charge in [0.2, 0.25) is 5.91 Å². The fourth-order valence-corrected chi connectivity index (χ4v) is 9.27. The molecule has 1 aliphatic heterocycles. The summed E-state index contributed by atoms with van der Waals surface area (Å²) in [6.45, 7) is 5.60. The first-order chi connectivity index (χ1) is 39.7. The largest absolute Gasteiger partial charge is 0.454 e. The molecule has 6 N–H and O–H groups in total. The third kappa shape index (κ3) is 44.3. The van der Waals surface area contributed by atoms with Crippen molar-refractivity contribution < 1.29 is 49.3 Å². The van der Waals surface area contributed by atoms with Crippen LogP contribution in [0.1, 0.15) is 245 Å². The van der Waals surface area contributed by atoms with Gasteiger partial charge in [-0.2, -0.15) is 0 Å². The third-order valence-corrected chi connectivity index (χ3v) is 14.4. The molecule has 11 heteroatoms. The van der Waals surface area contributed by atoms with E-state index in [2.05, 4.69) is 123 Å². The van der Waals surface area contributed by atoms with Crippen LogP contribution >= 0.6 is 0 Å². The van der Waals surface area contributed by atoms with Gasteiger partial charge >= 0.3 is 5.97 Å². The molecule has 1 amide bonds. The highest BCUT2D eigenvalue weighted by atomic mass is 16.7. The van der Waals surface area contributed by atoms with Crippen molar-refractivity contribution in [3.05, 3.63) is 122 Å². The fourth-order valence-electron chi connectivity index (χ4n) is 9.27. The van der Waals surface area contributed by atoms with Gasteiger partial charge in [-0.25, -0.2) is 0 Å². The molecule has 81 heavy (non-hydrogen) atoms. The molecule has 0 aliphatic carbocycles. The number of allylic oxidation sites excluding steroid dienone is 19. The molecule has 1 rings (SSSR count). The van der Waals surface area contributed by atoms with Crippen LogP contribution in [0.2, 0.25) is 0 Å². The van der Waals surface area contributed by atoms with E-state index >= 15 is 0 Å². The molecule has 0 bridgehead atoms. The zero-order chi connectivity index (χ0) is 58.9. The molecule has 0 spiro atoms. The van der Waals surface area contributed by atoms with Crippen molar-refractivity contribution in [2.24, 2.45) is 0 Å². The van der Waals surface area contributed by atoms with E-state index in [9.17, 15) is 35.1 Å². The molecule has 1 saturated heterocycles. The lowest BCUT2D eigenvalue weighted by Crippen LogP contribution is -2.61. The SMILES string of the molecule is CC/C=C\C/C=C\C/C=C\C/C=C\C/C=C\C/C=C\CCC(=O)OC1C(OCC(NC(=O)C(O)CCCCCCCCCCC/C=C\C/C=C\C/C=C\CCCCC)C(O)/C=C/CCCCCCCCCCC)OC(CO)C(O)C1O. The summed E-state index contributed by atoms with van der Waals surface area (Å²) in [5, 5.41) is 57.0. The lowest BCUT2D eigenvalue weighted by Gasteiger charge is -2.41. The van der Waals surface area contributed by atoms with Crippen molar-refractivity contribution in [2.75, 3.05) is 13.2 Å². The molecule has 8 atom stereocenters. The van der Waals surface area contributed by atoms with Gasteiger partial charge in [-0.15, -0.1) is 0 Å². The second-order valence-corrected chi connectivity index (χ2v) is 21.8. The monoisotopic (exact) mass is 1130 g/mol. The number of hydrogen-bond acceptors (Lipinski definition) is 10. The van der Waals surface area contributed by atoms with E-state index < -0.39 is 67.4 Å². The zero-order valence-corrected chi connectivity index (χ0v) is 51.1. The Balaban J connectivity index is 2.68. The van der Waals surface area contributed by atoms with Crippen LogP contribution in [0.15, 0.2) is 122 Å². The smallest absolute Gasteiger partial charge is 0.306 e. The predicted octanol–water partition coefficient (Wildman–Crippen LogP) is 15.8. The summed E-state index contributed by atoms with van der Waals surface area (Å²) in [7, 11) is 0. The average Bonchev–Trinajstić information content (AvgIpc) is 3.50. The predicted molar refractivity (Wildman–Crippen MR) is 338 cm³/mol. The Hall–Kier alpha value is -3.94. The second kappa shape index (κ2) is 56.5. The summed E-state index contributed by atoms with van der Waals surface area (Å²) in [4.78, 5) is 26.5. The summed E-state index contributed by atoms with van der Waals surface area (Å²) in [6.07, 6.45) is 68.2. The Morgan fingerprint density at radius 3 is 1.36 bits per heavy atom. The van der Waals surface area contributed by atoms with Crippen molar-refractivity contribution in [3.63, 3.8) is 0 Å². The van der Waals surface area contributed by atoms with Crippen molar-refractivity contribution >= 4 is 11.9 Å². The second-order valence-electron chi connectivity index (χ2n) is 21.8. The summed E-state index contributed by atoms with van der Waals surface area (Å²) in [5.74, 6) is -1.30. The van der Waals surface area contributed by atoms with Crippen LogP contribution in [0.3, 0.4) is 0 Å². The summed E-state index contributed by atoms with van der Waals surface area (Å²) in [6, 6.07) is -1.05. The molecular weight excluding hydrogens is 1010 g/mol. The van der Waals surface area contributed by atoms with Crippen LogP contribution in [0.5, 0.6) is 0 Å². The number of ether oxygens (including phenoxy) is 3. The van der Waals surface area contributed by atoms with Gasteiger partial charge in [-0.1, -0.05) is 258 Å². The normalized spacial score (nSPS) is 19.5. The number of esters is 1. The first-order valence-corrected chi connectivity index (χ1v) is 32.3. The van der Waals surface area contributed by atoms with Crippen LogP contribution in [-0.2, 0) is 23.8 Å². The van der Waals surface area contributed by atoms with Gasteiger partial charge in [-0.3, -0.25) is 9.59 Å². The summed E-state index contributed by atoms with van der Waals surface area (Å²) < 4.78 is 17.5. The van der Waals surface area contributed by atoms with Gasteiger partial charge in [0.15, 0.2) is 12.4 Å². The van der Waals surface area contributed by atoms with Gasteiger partial charge < -0.3 is 45.1 Å². The molecule has 11 nitrogen and oxygen atoms in total. The standard InChI is InChI=1S/C70H117NO10/c1-4-7-10-13-16-19-22-24-26-28-30-31-32-34-35-37-39-42-45-48-51-54-57-63(74)69(78)71-61(62(73)56-53-50-47-44-41-21-18-15-12-9-6-3)60-79-70-68(67(77)66(76)64(59-72)80-70)81-65(75)58-55-52-49-46-43-40-38-36-33-29-27-25-23-20-17-14-11-8-5-2/h8,11,16-17,19-20,24-27,30-31,33,36,40,43,49,52-53,56,61-64,66-68,70,72-74,76-77H,4-7,9-10,12-15,18,21-23,28-29,32,34-35,37-39,41-42,44-48,50-51,54-55,57-60H2,1-3H3,(H,71,78)/b11-8-,19-16-,20-17-,26-24-,27-25-,31-30-,36-33-,43-40-,52-49-,56-53+. The van der Waals surface area contributed by atoms with Crippen molar-refractivity contribution in [1.29, 1.82) is 0 Å². The minimum absolute atomic E-state index is 0.00810. The maximum Gasteiger partial charge on any atom is 0.306 e. The lowest BCUT2D eigenvalue weighted by molar-refractivity contribution is -0.305. The quantitative estimate of drug-likeness (QED) is 0.0195. The van der Waals surface area contributed by atoms with Crippen molar-refractivity contribution in [2.45, 2.75) is 294 Å². The summed E-state index contributed by atoms with van der Waals surface area (Å²) >= 11 is 0. The molecule has 1 fully saturated rings. The minimum Gasteiger partial charge on any atom is -0.454 e. The summed E-state index contributed by atoms with van der Waals surface area (Å²) in [5.41, 5.74) is 0. The van der Waals surface area contributed by atoms with Crippen LogP contribution in [0.25, 0.3) is 0 Å². The Kier molecular flexibility index (Phi) is 52.4. The molecule has 0 aromatic heterocycles. The molecule has 0 aromatic rings. The molecule has 1 aliphatic rings. The number of carbonyl (C=O) groups is 2. The Labute approximate surface area is 493 Å². The number of rotatable bonds is 53. The number of unbranched alkanes of at least 4 members (excludes halogenated alkanes) is 21. The van der Waals surface area contributed by atoms with E-state index in [-0.39, 0.29) is 19.4 Å². The van der Waals surface area contributed by atoms with Gasteiger partial charge in [0.25, 0.3) is 0 Å². The van der Waals surface area contributed by atoms with Crippen molar-refractivity contribution in [3.8, 4) is 0 Å². The third-order valence-electron chi connectivity index (χ3n) is 14.4. The number of amides is 1. The van der Waals surface area contributed by atoms with Crippen LogP contribution in [0.4, 0.5) is 0 Å². The lowest BCUT2D eigenvalue weighted by atomic mass is 9.99. The number of hydrogen-bond donors (Lipinski definition) is 6. The Morgan fingerprint density at radius 1 is 0.494 bits per heavy atom. The average molecular weight is 1130 g/mol. The molecule has 8 unspecified atom stereocenters. The molecule has 462 valence electrons. The van der Waals surface area contributed by atoms with Gasteiger partial charge in [-0.05, 0) is 103 Å². The Morgan fingerprint density at radius 2 is 0.889 bits per heavy atom. The molecule has 0 aromatic carbocycles. The molecule has 1 heterocycles. The number of carbonyl (C=O) groups excluding carboxylic acids is 2. The van der Waals surface area contributed by atoms with E-state index in [4.69, 9.17) is 14.2 Å². The maximum absolute atomic E-state index is 13.4. The first kappa shape index (κ1) is 75.1. The van der Waals surface area contributed by atoms with Crippen LogP contribution in [0, 0.1) is 0 Å². The topological polar surface area (TPSA) is 175 Å². The minimum atomic E-state index is -1.65. The number of nitrogens with one attached hydrogen (secondary N) is 1. The van der Waals surface area contributed by atoms with E-state index in [1.165, 1.54) is 96.3 Å². The highest BCUT2D eigenvalue weighted by Gasteiger charge is 2.47. The number of aliphatic hydroxyl groups is 5. The first-order valence-electron chi connectivity index (χ1n) is 32.3.